The van der Waals surface area contributed by atoms with E-state index in [2.05, 4.69) is 17.9 Å². The molecule has 2 rings (SSSR count). The predicted molar refractivity (Wildman–Crippen MR) is 64.8 cm³/mol. The van der Waals surface area contributed by atoms with Crippen molar-refractivity contribution in [2.45, 2.75) is 26.3 Å². The first kappa shape index (κ1) is 12.1. The van der Waals surface area contributed by atoms with E-state index < -0.39 is 0 Å². The zero-order chi connectivity index (χ0) is 12.3. The minimum atomic E-state index is -0.206. The first-order valence-corrected chi connectivity index (χ1v) is 6.10. The standard InChI is InChI=1S/C14H17FN2/c1-11-4-6-17(7-5-11)10-13-8-12(9-16)2-3-14(13)15/h2-3,8,11H,4-7,10H2,1H3. The van der Waals surface area contributed by atoms with E-state index in [1.54, 1.807) is 6.07 Å². The van der Waals surface area contributed by atoms with Gasteiger partial charge in [-0.25, -0.2) is 4.39 Å². The van der Waals surface area contributed by atoms with Gasteiger partial charge in [0.25, 0.3) is 0 Å². The lowest BCUT2D eigenvalue weighted by Crippen LogP contribution is -2.32. The zero-order valence-corrected chi connectivity index (χ0v) is 10.1. The number of halogens is 1. The van der Waals surface area contributed by atoms with Crippen molar-refractivity contribution in [2.75, 3.05) is 13.1 Å². The van der Waals surface area contributed by atoms with Crippen molar-refractivity contribution in [1.82, 2.24) is 4.90 Å². The summed E-state index contributed by atoms with van der Waals surface area (Å²) in [5.41, 5.74) is 1.17. The van der Waals surface area contributed by atoms with Crippen LogP contribution >= 0.6 is 0 Å². The van der Waals surface area contributed by atoms with E-state index in [1.807, 2.05) is 0 Å². The normalized spacial score (nSPS) is 17.9. The van der Waals surface area contributed by atoms with Gasteiger partial charge >= 0.3 is 0 Å². The van der Waals surface area contributed by atoms with Crippen LogP contribution in [0.5, 0.6) is 0 Å². The molecule has 1 aliphatic rings. The minimum Gasteiger partial charge on any atom is -0.299 e. The minimum absolute atomic E-state index is 0.206. The summed E-state index contributed by atoms with van der Waals surface area (Å²) in [5, 5.41) is 8.81. The van der Waals surface area contributed by atoms with Gasteiger partial charge in [0.1, 0.15) is 5.82 Å². The van der Waals surface area contributed by atoms with Gasteiger partial charge in [0, 0.05) is 12.1 Å². The summed E-state index contributed by atoms with van der Waals surface area (Å²) in [4.78, 5) is 2.26. The Kier molecular flexibility index (Phi) is 3.75. The summed E-state index contributed by atoms with van der Waals surface area (Å²) in [7, 11) is 0. The second kappa shape index (κ2) is 5.29. The fraction of sp³-hybridized carbons (Fsp3) is 0.500. The predicted octanol–water partition coefficient (Wildman–Crippen LogP) is 2.93. The van der Waals surface area contributed by atoms with Crippen molar-refractivity contribution in [1.29, 1.82) is 5.26 Å². The average Bonchev–Trinajstić information content (AvgIpc) is 2.35. The van der Waals surface area contributed by atoms with Crippen LogP contribution in [0, 0.1) is 23.1 Å². The van der Waals surface area contributed by atoms with Crippen LogP contribution < -0.4 is 0 Å². The first-order valence-electron chi connectivity index (χ1n) is 6.10. The van der Waals surface area contributed by atoms with Crippen LogP contribution in [-0.2, 0) is 6.54 Å². The highest BCUT2D eigenvalue weighted by Crippen LogP contribution is 2.19. The number of hydrogen-bond donors (Lipinski definition) is 0. The summed E-state index contributed by atoms with van der Waals surface area (Å²) < 4.78 is 13.6. The molecule has 1 heterocycles. The molecule has 1 aromatic carbocycles. The molecule has 1 aliphatic heterocycles. The second-order valence-corrected chi connectivity index (χ2v) is 4.88. The van der Waals surface area contributed by atoms with Crippen LogP contribution in [0.3, 0.4) is 0 Å². The van der Waals surface area contributed by atoms with Crippen LogP contribution in [0.1, 0.15) is 30.9 Å². The molecule has 0 saturated carbocycles. The molecule has 0 aliphatic carbocycles. The lowest BCUT2D eigenvalue weighted by atomic mass is 9.98. The van der Waals surface area contributed by atoms with Crippen LogP contribution in [-0.4, -0.2) is 18.0 Å². The average molecular weight is 232 g/mol. The van der Waals surface area contributed by atoms with Crippen LogP contribution in [0.15, 0.2) is 18.2 Å². The summed E-state index contributed by atoms with van der Waals surface area (Å²) >= 11 is 0. The summed E-state index contributed by atoms with van der Waals surface area (Å²) in [6, 6.07) is 6.63. The number of hydrogen-bond acceptors (Lipinski definition) is 2. The molecule has 0 unspecified atom stereocenters. The highest BCUT2D eigenvalue weighted by Gasteiger charge is 2.17. The molecule has 0 bridgehead atoms. The summed E-state index contributed by atoms with van der Waals surface area (Å²) in [6.07, 6.45) is 2.36. The van der Waals surface area contributed by atoms with E-state index in [0.717, 1.165) is 19.0 Å². The number of nitriles is 1. The second-order valence-electron chi connectivity index (χ2n) is 4.88. The maximum Gasteiger partial charge on any atom is 0.127 e. The number of benzene rings is 1. The van der Waals surface area contributed by atoms with Gasteiger partial charge in [0.2, 0.25) is 0 Å². The molecular weight excluding hydrogens is 215 g/mol. The Bertz CT molecular complexity index is 428. The van der Waals surface area contributed by atoms with E-state index in [9.17, 15) is 4.39 Å². The Hall–Kier alpha value is -1.40. The summed E-state index contributed by atoms with van der Waals surface area (Å²) in [6.45, 7) is 4.93. The smallest absolute Gasteiger partial charge is 0.127 e. The van der Waals surface area contributed by atoms with Crippen LogP contribution in [0.25, 0.3) is 0 Å². The number of nitrogens with zero attached hydrogens (tertiary/aromatic N) is 2. The molecule has 1 fully saturated rings. The fourth-order valence-electron chi connectivity index (χ4n) is 2.23. The van der Waals surface area contributed by atoms with Crippen molar-refractivity contribution in [2.24, 2.45) is 5.92 Å². The molecule has 0 amide bonds. The Morgan fingerprint density at radius 3 is 2.76 bits per heavy atom. The molecule has 17 heavy (non-hydrogen) atoms. The van der Waals surface area contributed by atoms with Gasteiger partial charge in [-0.1, -0.05) is 6.92 Å². The molecular formula is C14H17FN2. The number of rotatable bonds is 2. The Labute approximate surface area is 102 Å². The highest BCUT2D eigenvalue weighted by molar-refractivity contribution is 5.33. The van der Waals surface area contributed by atoms with Crippen LogP contribution in [0.2, 0.25) is 0 Å². The monoisotopic (exact) mass is 232 g/mol. The van der Waals surface area contributed by atoms with Crippen molar-refractivity contribution < 1.29 is 4.39 Å². The molecule has 1 saturated heterocycles. The third kappa shape index (κ3) is 3.04. The molecule has 0 aromatic heterocycles. The van der Waals surface area contributed by atoms with Crippen molar-refractivity contribution in [3.05, 3.63) is 35.1 Å². The Balaban J connectivity index is 2.05. The van der Waals surface area contributed by atoms with Gasteiger partial charge in [0.15, 0.2) is 0 Å². The quantitative estimate of drug-likeness (QED) is 0.784. The first-order chi connectivity index (χ1) is 8.19. The van der Waals surface area contributed by atoms with Crippen molar-refractivity contribution in [3.8, 4) is 6.07 Å². The third-order valence-corrected chi connectivity index (χ3v) is 3.45. The van der Waals surface area contributed by atoms with Gasteiger partial charge in [-0.2, -0.15) is 5.26 Å². The van der Waals surface area contributed by atoms with Gasteiger partial charge in [-0.05, 0) is 50.0 Å². The van der Waals surface area contributed by atoms with E-state index in [4.69, 9.17) is 5.26 Å². The number of piperidine rings is 1. The molecule has 90 valence electrons. The molecule has 1 aromatic rings. The number of likely N-dealkylation sites (tertiary alicyclic amines) is 1. The SMILES string of the molecule is CC1CCN(Cc2cc(C#N)ccc2F)CC1. The van der Waals surface area contributed by atoms with E-state index in [0.29, 0.717) is 17.7 Å². The van der Waals surface area contributed by atoms with Gasteiger partial charge < -0.3 is 0 Å². The molecule has 0 spiro atoms. The van der Waals surface area contributed by atoms with Crippen molar-refractivity contribution in [3.63, 3.8) is 0 Å². The van der Waals surface area contributed by atoms with Crippen LogP contribution in [0.4, 0.5) is 4.39 Å². The molecule has 2 nitrogen and oxygen atoms in total. The molecule has 3 heteroatoms. The zero-order valence-electron chi connectivity index (χ0n) is 10.1. The van der Waals surface area contributed by atoms with Crippen molar-refractivity contribution >= 4 is 0 Å². The highest BCUT2D eigenvalue weighted by atomic mass is 19.1. The maximum atomic E-state index is 13.6. The largest absolute Gasteiger partial charge is 0.299 e. The lowest BCUT2D eigenvalue weighted by molar-refractivity contribution is 0.183. The van der Waals surface area contributed by atoms with E-state index >= 15 is 0 Å². The van der Waals surface area contributed by atoms with Gasteiger partial charge in [-0.3, -0.25) is 4.90 Å². The Morgan fingerprint density at radius 2 is 2.12 bits per heavy atom. The van der Waals surface area contributed by atoms with Gasteiger partial charge in [0.05, 0.1) is 11.6 Å². The van der Waals surface area contributed by atoms with E-state index in [1.165, 1.54) is 25.0 Å². The van der Waals surface area contributed by atoms with E-state index in [-0.39, 0.29) is 5.82 Å². The fourth-order valence-corrected chi connectivity index (χ4v) is 2.23. The summed E-state index contributed by atoms with van der Waals surface area (Å²) in [5.74, 6) is 0.573. The molecule has 0 atom stereocenters. The topological polar surface area (TPSA) is 27.0 Å². The molecule has 0 N–H and O–H groups in total. The van der Waals surface area contributed by atoms with Gasteiger partial charge in [-0.15, -0.1) is 0 Å². The molecule has 0 radical (unpaired) electrons. The third-order valence-electron chi connectivity index (χ3n) is 3.45. The maximum absolute atomic E-state index is 13.6. The lowest BCUT2D eigenvalue weighted by Gasteiger charge is -2.30. The Morgan fingerprint density at radius 1 is 1.41 bits per heavy atom.